The maximum absolute atomic E-state index is 13.0. The van der Waals surface area contributed by atoms with Gasteiger partial charge in [0.05, 0.1) is 24.5 Å². The number of benzene rings is 2. The Morgan fingerprint density at radius 3 is 1.43 bits per heavy atom. The van der Waals surface area contributed by atoms with Gasteiger partial charge >= 0.3 is 0 Å². The molecule has 2 aromatic heterocycles. The van der Waals surface area contributed by atoms with E-state index in [1.165, 1.54) is 0 Å². The van der Waals surface area contributed by atoms with Crippen LogP contribution in [0.25, 0.3) is 0 Å². The Morgan fingerprint density at radius 2 is 1.04 bits per heavy atom. The molecule has 3 aliphatic heterocycles. The van der Waals surface area contributed by atoms with Gasteiger partial charge in [-0.15, -0.1) is 0 Å². The minimum absolute atomic E-state index is 0.172. The molecular formula is C40H44Cl2N10O2. The lowest BCUT2D eigenvalue weighted by Gasteiger charge is -2.37. The average Bonchev–Trinajstić information content (AvgIpc) is 4.13. The Labute approximate surface area is 325 Å². The van der Waals surface area contributed by atoms with E-state index in [1.807, 2.05) is 58.3 Å². The summed E-state index contributed by atoms with van der Waals surface area (Å²) in [6.07, 6.45) is 5.35. The van der Waals surface area contributed by atoms with Crippen molar-refractivity contribution in [2.75, 3.05) is 59.7 Å². The zero-order chi connectivity index (χ0) is 36.8. The number of carbonyl (C=O) groups is 2. The zero-order valence-corrected chi connectivity index (χ0v) is 31.7. The van der Waals surface area contributed by atoms with E-state index >= 15 is 0 Å². The highest BCUT2D eigenvalue weighted by molar-refractivity contribution is 6.30. The molecule has 280 valence electrons. The number of hydrogen-bond acceptors (Lipinski definition) is 10. The van der Waals surface area contributed by atoms with E-state index in [4.69, 9.17) is 43.1 Å². The highest BCUT2D eigenvalue weighted by Crippen LogP contribution is 2.36. The molecular weight excluding hydrogens is 723 g/mol. The lowest BCUT2D eigenvalue weighted by molar-refractivity contribution is -0.134. The third kappa shape index (κ3) is 7.63. The first-order chi connectivity index (χ1) is 26.3. The Hall–Kier alpha value is -4.68. The Morgan fingerprint density at radius 1 is 0.611 bits per heavy atom. The van der Waals surface area contributed by atoms with Crippen molar-refractivity contribution in [1.82, 2.24) is 29.7 Å². The van der Waals surface area contributed by atoms with Crippen molar-refractivity contribution in [2.45, 2.75) is 64.7 Å². The molecule has 0 radical (unpaired) electrons. The number of amides is 2. The van der Waals surface area contributed by atoms with Crippen molar-refractivity contribution in [3.63, 3.8) is 0 Å². The van der Waals surface area contributed by atoms with E-state index in [9.17, 15) is 9.59 Å². The van der Waals surface area contributed by atoms with Crippen LogP contribution in [0.1, 0.15) is 59.3 Å². The molecule has 54 heavy (non-hydrogen) atoms. The average molecular weight is 768 g/mol. The van der Waals surface area contributed by atoms with Crippen LogP contribution in [0.4, 0.5) is 23.5 Å². The van der Waals surface area contributed by atoms with E-state index < -0.39 is 0 Å². The Kier molecular flexibility index (Phi) is 9.65. The predicted octanol–water partition coefficient (Wildman–Crippen LogP) is 5.71. The summed E-state index contributed by atoms with van der Waals surface area (Å²) in [5.74, 6) is 3.77. The number of hydrogen-bond donors (Lipinski definition) is 2. The van der Waals surface area contributed by atoms with Crippen LogP contribution < -0.4 is 20.4 Å². The molecule has 2 amide bonds. The number of nitrogens with zero attached hydrogens (tertiary/aromatic N) is 8. The van der Waals surface area contributed by atoms with Crippen molar-refractivity contribution in [2.24, 2.45) is 11.8 Å². The SMILES string of the molecule is O=C(C1CC1)N1CCc2nc(N3CCN(c4nc5c(c(NCc6cccc(Cl)c6)n4)CN(C(=O)C4CC4)CC5)CC3)nc(NCc3cccc(Cl)c3)c2C1. The molecule has 5 aliphatic rings. The van der Waals surface area contributed by atoms with Gasteiger partial charge in [0.15, 0.2) is 0 Å². The maximum atomic E-state index is 13.0. The summed E-state index contributed by atoms with van der Waals surface area (Å²) in [7, 11) is 0. The minimum atomic E-state index is 0.172. The van der Waals surface area contributed by atoms with E-state index in [1.54, 1.807) is 0 Å². The predicted molar refractivity (Wildman–Crippen MR) is 210 cm³/mol. The zero-order valence-electron chi connectivity index (χ0n) is 30.2. The topological polar surface area (TPSA) is 123 Å². The molecule has 14 heteroatoms. The number of carbonyl (C=O) groups excluding carboxylic acids is 2. The normalized spacial score (nSPS) is 18.3. The van der Waals surface area contributed by atoms with Gasteiger partial charge in [0.1, 0.15) is 11.6 Å². The van der Waals surface area contributed by atoms with E-state index in [0.717, 1.165) is 71.0 Å². The van der Waals surface area contributed by atoms with Crippen LogP contribution in [-0.2, 0) is 48.6 Å². The highest BCUT2D eigenvalue weighted by Gasteiger charge is 2.37. The molecule has 0 atom stereocenters. The van der Waals surface area contributed by atoms with Gasteiger partial charge in [-0.25, -0.2) is 9.97 Å². The largest absolute Gasteiger partial charge is 0.366 e. The smallest absolute Gasteiger partial charge is 0.227 e. The van der Waals surface area contributed by atoms with Gasteiger partial charge in [0.25, 0.3) is 0 Å². The van der Waals surface area contributed by atoms with Gasteiger partial charge in [-0.05, 0) is 61.1 Å². The van der Waals surface area contributed by atoms with Crippen LogP contribution in [0.3, 0.4) is 0 Å². The molecule has 3 fully saturated rings. The Bertz CT molecular complexity index is 1930. The van der Waals surface area contributed by atoms with Crippen molar-refractivity contribution in [3.8, 4) is 0 Å². The standard InChI is InChI=1S/C40H44Cl2N10O2/c41-29-5-1-3-25(19-29)21-43-35-31-23-51(37(53)27-7-8-27)13-11-33(31)45-39(47-35)49-15-17-50(18-16-49)40-46-34-12-14-52(38(54)28-9-10-28)24-32(34)36(48-40)44-22-26-4-2-6-30(42)20-26/h1-6,19-20,27-28H,7-18,21-24H2,(H,43,45,47)(H,44,46,48). The van der Waals surface area contributed by atoms with E-state index in [2.05, 4.69) is 20.4 Å². The maximum Gasteiger partial charge on any atom is 0.227 e. The number of halogens is 2. The van der Waals surface area contributed by atoms with Crippen LogP contribution in [-0.4, -0.2) is 80.8 Å². The van der Waals surface area contributed by atoms with Crippen molar-refractivity contribution in [1.29, 1.82) is 0 Å². The van der Waals surface area contributed by atoms with Gasteiger partial charge in [0, 0.05) is 98.2 Å². The number of anilines is 4. The fourth-order valence-electron chi connectivity index (χ4n) is 7.70. The monoisotopic (exact) mass is 766 g/mol. The molecule has 5 heterocycles. The minimum Gasteiger partial charge on any atom is -0.366 e. The first kappa shape index (κ1) is 35.0. The molecule has 2 aromatic carbocycles. The number of fused-ring (bicyclic) bond motifs is 2. The van der Waals surface area contributed by atoms with Crippen molar-refractivity contribution < 1.29 is 9.59 Å². The summed E-state index contributed by atoms with van der Waals surface area (Å²) in [5.41, 5.74) is 6.10. The number of piperazine rings is 1. The molecule has 0 unspecified atom stereocenters. The molecule has 2 aliphatic carbocycles. The van der Waals surface area contributed by atoms with Crippen LogP contribution in [0, 0.1) is 11.8 Å². The second-order valence-corrected chi connectivity index (χ2v) is 16.0. The van der Waals surface area contributed by atoms with Crippen LogP contribution in [0.2, 0.25) is 10.0 Å². The second-order valence-electron chi connectivity index (χ2n) is 15.1. The van der Waals surface area contributed by atoms with E-state index in [0.29, 0.717) is 100 Å². The summed E-state index contributed by atoms with van der Waals surface area (Å²) in [5, 5.41) is 8.53. The van der Waals surface area contributed by atoms with Crippen LogP contribution >= 0.6 is 23.2 Å². The molecule has 4 aromatic rings. The number of nitrogens with one attached hydrogen (secondary N) is 2. The molecule has 0 bridgehead atoms. The number of aromatic nitrogens is 4. The summed E-state index contributed by atoms with van der Waals surface area (Å²) >= 11 is 12.6. The Balaban J connectivity index is 0.939. The highest BCUT2D eigenvalue weighted by atomic mass is 35.5. The molecule has 12 nitrogen and oxygen atoms in total. The summed E-state index contributed by atoms with van der Waals surface area (Å²) in [4.78, 5) is 54.9. The second kappa shape index (κ2) is 14.9. The number of rotatable bonds is 10. The molecule has 2 saturated carbocycles. The molecule has 9 rings (SSSR count). The molecule has 0 spiro atoms. The fourth-order valence-corrected chi connectivity index (χ4v) is 8.13. The van der Waals surface area contributed by atoms with Crippen molar-refractivity contribution >= 4 is 58.5 Å². The van der Waals surface area contributed by atoms with Gasteiger partial charge in [-0.3, -0.25) is 9.59 Å². The summed E-state index contributed by atoms with van der Waals surface area (Å²) < 4.78 is 0. The third-order valence-electron chi connectivity index (χ3n) is 11.1. The van der Waals surface area contributed by atoms with Crippen molar-refractivity contribution in [3.05, 3.63) is 92.2 Å². The summed E-state index contributed by atoms with van der Waals surface area (Å²) in [6, 6.07) is 15.6. The lowest BCUT2D eigenvalue weighted by Crippen LogP contribution is -2.48. The first-order valence-corrected chi connectivity index (χ1v) is 19.9. The van der Waals surface area contributed by atoms with Gasteiger partial charge in [-0.2, -0.15) is 9.97 Å². The summed E-state index contributed by atoms with van der Waals surface area (Å²) in [6.45, 7) is 6.32. The van der Waals surface area contributed by atoms with Crippen LogP contribution in [0.5, 0.6) is 0 Å². The van der Waals surface area contributed by atoms with E-state index in [-0.39, 0.29) is 23.7 Å². The lowest BCUT2D eigenvalue weighted by atomic mass is 10.0. The molecule has 1 saturated heterocycles. The van der Waals surface area contributed by atoms with Gasteiger partial charge in [-0.1, -0.05) is 47.5 Å². The molecule has 2 N–H and O–H groups in total. The first-order valence-electron chi connectivity index (χ1n) is 19.2. The van der Waals surface area contributed by atoms with Crippen LogP contribution in [0.15, 0.2) is 48.5 Å². The third-order valence-corrected chi connectivity index (χ3v) is 11.6. The van der Waals surface area contributed by atoms with Gasteiger partial charge < -0.3 is 30.2 Å². The quantitative estimate of drug-likeness (QED) is 0.208. The fraction of sp³-hybridized carbons (Fsp3) is 0.450. The van der Waals surface area contributed by atoms with Gasteiger partial charge in [0.2, 0.25) is 23.7 Å².